The summed E-state index contributed by atoms with van der Waals surface area (Å²) in [5.41, 5.74) is 0.926. The molecule has 1 heterocycles. The quantitative estimate of drug-likeness (QED) is 0.915. The number of methoxy groups -OCH3 is 1. The summed E-state index contributed by atoms with van der Waals surface area (Å²) < 4.78 is 5.06. The first-order valence-corrected chi connectivity index (χ1v) is 5.68. The van der Waals surface area contributed by atoms with Crippen LogP contribution in [0.25, 0.3) is 0 Å². The van der Waals surface area contributed by atoms with Gasteiger partial charge in [-0.25, -0.2) is 0 Å². The standard InChI is InChI=1S/C14H14N2O3/c1-16(10-3-5-11(19-2)6-4-10)14(18)12-7-8-15-9-13(12)17/h3-9,17H,1-2H3. The highest BCUT2D eigenvalue weighted by Crippen LogP contribution is 2.22. The van der Waals surface area contributed by atoms with E-state index in [1.54, 1.807) is 38.4 Å². The van der Waals surface area contributed by atoms with Gasteiger partial charge in [0, 0.05) is 18.9 Å². The van der Waals surface area contributed by atoms with E-state index in [-0.39, 0.29) is 17.2 Å². The number of pyridine rings is 1. The van der Waals surface area contributed by atoms with Crippen LogP contribution in [0.15, 0.2) is 42.7 Å². The Bertz CT molecular complexity index is 581. The lowest BCUT2D eigenvalue weighted by molar-refractivity contribution is 0.0990. The van der Waals surface area contributed by atoms with Crippen LogP contribution >= 0.6 is 0 Å². The zero-order valence-corrected chi connectivity index (χ0v) is 10.7. The highest BCUT2D eigenvalue weighted by molar-refractivity contribution is 6.07. The summed E-state index contributed by atoms with van der Waals surface area (Å²) in [4.78, 5) is 17.4. The Labute approximate surface area is 111 Å². The number of carbonyl (C=O) groups excluding carboxylic acids is 1. The number of rotatable bonds is 3. The molecule has 0 unspecified atom stereocenters. The number of benzene rings is 1. The fraction of sp³-hybridized carbons (Fsp3) is 0.143. The molecular formula is C14H14N2O3. The Morgan fingerprint density at radius 3 is 2.53 bits per heavy atom. The number of hydrogen-bond donors (Lipinski definition) is 1. The molecule has 2 rings (SSSR count). The summed E-state index contributed by atoms with van der Waals surface area (Å²) >= 11 is 0. The number of aromatic hydroxyl groups is 1. The van der Waals surface area contributed by atoms with E-state index in [0.717, 1.165) is 5.75 Å². The SMILES string of the molecule is COc1ccc(N(C)C(=O)c2ccncc2O)cc1. The highest BCUT2D eigenvalue weighted by atomic mass is 16.5. The summed E-state index contributed by atoms with van der Waals surface area (Å²) in [5, 5.41) is 9.63. The molecule has 0 saturated heterocycles. The number of hydrogen-bond acceptors (Lipinski definition) is 4. The Kier molecular flexibility index (Phi) is 3.66. The lowest BCUT2D eigenvalue weighted by atomic mass is 10.2. The predicted molar refractivity (Wildman–Crippen MR) is 71.6 cm³/mol. The van der Waals surface area contributed by atoms with Crippen molar-refractivity contribution < 1.29 is 14.6 Å². The van der Waals surface area contributed by atoms with Crippen molar-refractivity contribution in [2.45, 2.75) is 0 Å². The number of amides is 1. The van der Waals surface area contributed by atoms with E-state index in [2.05, 4.69) is 4.98 Å². The molecule has 0 bridgehead atoms. The third-order valence-corrected chi connectivity index (χ3v) is 2.79. The van der Waals surface area contributed by atoms with E-state index >= 15 is 0 Å². The summed E-state index contributed by atoms with van der Waals surface area (Å²) in [7, 11) is 3.23. The van der Waals surface area contributed by atoms with E-state index in [0.29, 0.717) is 5.69 Å². The number of ether oxygens (including phenoxy) is 1. The van der Waals surface area contributed by atoms with Crippen LogP contribution in [0.3, 0.4) is 0 Å². The summed E-state index contributed by atoms with van der Waals surface area (Å²) in [6.45, 7) is 0. The third-order valence-electron chi connectivity index (χ3n) is 2.79. The van der Waals surface area contributed by atoms with Crippen molar-refractivity contribution in [1.29, 1.82) is 0 Å². The fourth-order valence-corrected chi connectivity index (χ4v) is 1.67. The molecule has 5 heteroatoms. The molecule has 0 aliphatic heterocycles. The molecule has 1 amide bonds. The van der Waals surface area contributed by atoms with Crippen LogP contribution in [0.5, 0.6) is 11.5 Å². The molecule has 0 fully saturated rings. The maximum atomic E-state index is 12.2. The first-order chi connectivity index (χ1) is 9.13. The molecule has 0 radical (unpaired) electrons. The zero-order valence-electron chi connectivity index (χ0n) is 10.7. The minimum absolute atomic E-state index is 0.132. The average molecular weight is 258 g/mol. The van der Waals surface area contributed by atoms with Crippen LogP contribution in [0.4, 0.5) is 5.69 Å². The molecule has 0 spiro atoms. The average Bonchev–Trinajstić information content (AvgIpc) is 2.46. The van der Waals surface area contributed by atoms with E-state index in [1.807, 2.05) is 0 Å². The molecule has 98 valence electrons. The second-order valence-electron chi connectivity index (χ2n) is 3.96. The van der Waals surface area contributed by atoms with Gasteiger partial charge in [0.15, 0.2) is 0 Å². The van der Waals surface area contributed by atoms with E-state index in [4.69, 9.17) is 4.74 Å². The molecule has 0 saturated carbocycles. The molecule has 0 atom stereocenters. The van der Waals surface area contributed by atoms with Crippen molar-refractivity contribution in [3.8, 4) is 11.5 Å². The van der Waals surface area contributed by atoms with Crippen molar-refractivity contribution in [3.63, 3.8) is 0 Å². The molecule has 2 aromatic rings. The van der Waals surface area contributed by atoms with Gasteiger partial charge in [-0.15, -0.1) is 0 Å². The van der Waals surface area contributed by atoms with Gasteiger partial charge >= 0.3 is 0 Å². The number of carbonyl (C=O) groups is 1. The normalized spacial score (nSPS) is 10.0. The maximum absolute atomic E-state index is 12.2. The number of aromatic nitrogens is 1. The first kappa shape index (κ1) is 12.9. The smallest absolute Gasteiger partial charge is 0.261 e. The Balaban J connectivity index is 2.26. The van der Waals surface area contributed by atoms with Crippen LogP contribution in [0.2, 0.25) is 0 Å². The highest BCUT2D eigenvalue weighted by Gasteiger charge is 2.16. The summed E-state index contributed by atoms with van der Waals surface area (Å²) in [6, 6.07) is 8.57. The van der Waals surface area contributed by atoms with Gasteiger partial charge in [-0.1, -0.05) is 0 Å². The largest absolute Gasteiger partial charge is 0.505 e. The van der Waals surface area contributed by atoms with Gasteiger partial charge in [0.2, 0.25) is 0 Å². The topological polar surface area (TPSA) is 62.7 Å². The summed E-state index contributed by atoms with van der Waals surface area (Å²) in [5.74, 6) is 0.286. The second kappa shape index (κ2) is 5.39. The lowest BCUT2D eigenvalue weighted by Crippen LogP contribution is -2.26. The zero-order chi connectivity index (χ0) is 13.8. The fourth-order valence-electron chi connectivity index (χ4n) is 1.67. The minimum atomic E-state index is -0.301. The van der Waals surface area contributed by atoms with Crippen molar-refractivity contribution in [2.24, 2.45) is 0 Å². The Morgan fingerprint density at radius 2 is 1.95 bits per heavy atom. The number of nitrogens with zero attached hydrogens (tertiary/aromatic N) is 2. The lowest BCUT2D eigenvalue weighted by Gasteiger charge is -2.18. The Morgan fingerprint density at radius 1 is 1.26 bits per heavy atom. The van der Waals surface area contributed by atoms with Crippen molar-refractivity contribution in [2.75, 3.05) is 19.1 Å². The van der Waals surface area contributed by atoms with Crippen LogP contribution in [-0.4, -0.2) is 30.2 Å². The third kappa shape index (κ3) is 2.65. The number of anilines is 1. The van der Waals surface area contributed by atoms with Gasteiger partial charge in [-0.05, 0) is 30.3 Å². The van der Waals surface area contributed by atoms with Gasteiger partial charge in [0.05, 0.1) is 18.9 Å². The first-order valence-electron chi connectivity index (χ1n) is 5.68. The van der Waals surface area contributed by atoms with E-state index < -0.39 is 0 Å². The molecule has 0 aliphatic rings. The van der Waals surface area contributed by atoms with Crippen LogP contribution in [0.1, 0.15) is 10.4 Å². The van der Waals surface area contributed by atoms with Crippen molar-refractivity contribution in [3.05, 3.63) is 48.3 Å². The molecular weight excluding hydrogens is 244 g/mol. The Hall–Kier alpha value is -2.56. The van der Waals surface area contributed by atoms with Crippen molar-refractivity contribution in [1.82, 2.24) is 4.98 Å². The monoisotopic (exact) mass is 258 g/mol. The van der Waals surface area contributed by atoms with Gasteiger partial charge in [0.25, 0.3) is 5.91 Å². The summed E-state index contributed by atoms with van der Waals surface area (Å²) in [6.07, 6.45) is 2.71. The molecule has 1 N–H and O–H groups in total. The molecule has 5 nitrogen and oxygen atoms in total. The van der Waals surface area contributed by atoms with Crippen LogP contribution < -0.4 is 9.64 Å². The van der Waals surface area contributed by atoms with E-state index in [9.17, 15) is 9.90 Å². The minimum Gasteiger partial charge on any atom is -0.505 e. The maximum Gasteiger partial charge on any atom is 0.261 e. The van der Waals surface area contributed by atoms with Gasteiger partial charge < -0.3 is 14.7 Å². The molecule has 0 aliphatic carbocycles. The van der Waals surface area contributed by atoms with Crippen LogP contribution in [0, 0.1) is 0 Å². The van der Waals surface area contributed by atoms with Gasteiger partial charge in [-0.3, -0.25) is 9.78 Å². The second-order valence-corrected chi connectivity index (χ2v) is 3.96. The molecule has 19 heavy (non-hydrogen) atoms. The van der Waals surface area contributed by atoms with Crippen molar-refractivity contribution >= 4 is 11.6 Å². The predicted octanol–water partition coefficient (Wildman–Crippen LogP) is 2.07. The van der Waals surface area contributed by atoms with Gasteiger partial charge in [-0.2, -0.15) is 0 Å². The van der Waals surface area contributed by atoms with E-state index in [1.165, 1.54) is 23.4 Å². The molecule has 1 aromatic heterocycles. The van der Waals surface area contributed by atoms with Crippen LogP contribution in [-0.2, 0) is 0 Å². The molecule has 1 aromatic carbocycles. The van der Waals surface area contributed by atoms with Gasteiger partial charge in [0.1, 0.15) is 11.5 Å².